The summed E-state index contributed by atoms with van der Waals surface area (Å²) in [4.78, 5) is 25.7. The van der Waals surface area contributed by atoms with Crippen molar-refractivity contribution in [3.63, 3.8) is 0 Å². The van der Waals surface area contributed by atoms with Crippen molar-refractivity contribution in [2.24, 2.45) is 17.1 Å². The van der Waals surface area contributed by atoms with E-state index >= 15 is 0 Å². The van der Waals surface area contributed by atoms with E-state index in [0.717, 1.165) is 0 Å². The van der Waals surface area contributed by atoms with Gasteiger partial charge in [0.05, 0.1) is 0 Å². The van der Waals surface area contributed by atoms with Crippen molar-refractivity contribution in [1.82, 2.24) is 10.9 Å². The zero-order valence-corrected chi connectivity index (χ0v) is 16.5. The Morgan fingerprint density at radius 3 is 1.32 bits per heavy atom. The number of nitrogens with one attached hydrogen (secondary N) is 2. The maximum absolute atomic E-state index is 12.8. The first-order chi connectivity index (χ1) is 12.0. The summed E-state index contributed by atoms with van der Waals surface area (Å²) in [6.07, 6.45) is 0. The van der Waals surface area contributed by atoms with Crippen molar-refractivity contribution in [3.8, 4) is 0 Å². The predicted octanol–water partition coefficient (Wildman–Crippen LogP) is -1.27. The van der Waals surface area contributed by atoms with Crippen LogP contribution in [0.3, 0.4) is 0 Å². The standard InChI is InChI=1S/C17H16N4O2Se2/c18-20-15(22)17(16(23)21-19,13(24)11-7-3-1-4-8-11)14(25)12-9-5-2-6-10-12/h1-10H,18-19H2,(H,20,22)(H,21,23). The van der Waals surface area contributed by atoms with E-state index in [1.165, 1.54) is 0 Å². The number of benzene rings is 2. The van der Waals surface area contributed by atoms with E-state index in [2.05, 4.69) is 42.0 Å². The van der Waals surface area contributed by atoms with Gasteiger partial charge in [0.2, 0.25) is 0 Å². The fourth-order valence-corrected chi connectivity index (χ4v) is 4.55. The van der Waals surface area contributed by atoms with Gasteiger partial charge < -0.3 is 0 Å². The third-order valence-electron chi connectivity index (χ3n) is 3.70. The molecule has 0 heterocycles. The molecule has 2 amide bonds. The Morgan fingerprint density at radius 1 is 0.720 bits per heavy atom. The molecule has 6 N–H and O–H groups in total. The molecule has 0 aromatic heterocycles. The quantitative estimate of drug-likeness (QED) is 0.140. The molecule has 0 atom stereocenters. The van der Waals surface area contributed by atoms with Crippen molar-refractivity contribution < 1.29 is 9.59 Å². The van der Waals surface area contributed by atoms with Crippen molar-refractivity contribution in [3.05, 3.63) is 71.8 Å². The molecule has 0 aliphatic heterocycles. The number of hydrogen-bond donors (Lipinski definition) is 4. The molecule has 0 aliphatic rings. The normalized spacial score (nSPS) is 10.6. The fraction of sp³-hybridized carbons (Fsp3) is 0.0588. The van der Waals surface area contributed by atoms with E-state index in [9.17, 15) is 9.59 Å². The Bertz CT molecular complexity index is 740. The molecule has 6 nitrogen and oxygen atoms in total. The topological polar surface area (TPSA) is 110 Å². The number of carbonyl (C=O) groups excluding carboxylic acids is 2. The van der Waals surface area contributed by atoms with E-state index in [0.29, 0.717) is 20.0 Å². The molecule has 2 aromatic rings. The summed E-state index contributed by atoms with van der Waals surface area (Å²) in [5.74, 6) is 9.38. The molecule has 0 fully saturated rings. The van der Waals surface area contributed by atoms with Gasteiger partial charge in [0.25, 0.3) is 0 Å². The molecule has 0 aliphatic carbocycles. The van der Waals surface area contributed by atoms with Gasteiger partial charge in [0.15, 0.2) is 0 Å². The second-order valence-electron chi connectivity index (χ2n) is 5.09. The molecule has 0 bridgehead atoms. The van der Waals surface area contributed by atoms with Crippen LogP contribution in [0.2, 0.25) is 0 Å². The van der Waals surface area contributed by atoms with Crippen molar-refractivity contribution >= 4 is 51.8 Å². The van der Waals surface area contributed by atoms with E-state index in [1.807, 2.05) is 12.1 Å². The molecule has 0 saturated carbocycles. The second-order valence-corrected chi connectivity index (χ2v) is 6.80. The minimum absolute atomic E-state index is 0.372. The Labute approximate surface area is 161 Å². The van der Waals surface area contributed by atoms with E-state index < -0.39 is 17.2 Å². The zero-order chi connectivity index (χ0) is 18.4. The van der Waals surface area contributed by atoms with Crippen LogP contribution >= 0.6 is 0 Å². The fourth-order valence-electron chi connectivity index (χ4n) is 2.45. The van der Waals surface area contributed by atoms with E-state index in [-0.39, 0.29) is 0 Å². The Kier molecular flexibility index (Phi) is 6.56. The number of amides is 2. The van der Waals surface area contributed by atoms with Crippen molar-refractivity contribution in [1.29, 1.82) is 0 Å². The third-order valence-corrected chi connectivity index (χ3v) is 5.97. The first kappa shape index (κ1) is 19.4. The molecule has 0 spiro atoms. The van der Waals surface area contributed by atoms with Gasteiger partial charge in [-0.1, -0.05) is 0 Å². The van der Waals surface area contributed by atoms with Crippen LogP contribution in [-0.4, -0.2) is 51.8 Å². The molecule has 128 valence electrons. The average Bonchev–Trinajstić information content (AvgIpc) is 2.68. The van der Waals surface area contributed by atoms with Crippen LogP contribution in [0.25, 0.3) is 0 Å². The van der Waals surface area contributed by atoms with E-state index in [1.54, 1.807) is 48.5 Å². The molecule has 0 saturated heterocycles. The van der Waals surface area contributed by atoms with E-state index in [4.69, 9.17) is 11.7 Å². The van der Waals surface area contributed by atoms with Crippen molar-refractivity contribution in [2.75, 3.05) is 0 Å². The van der Waals surface area contributed by atoms with Crippen LogP contribution in [-0.2, 0) is 9.59 Å². The summed E-state index contributed by atoms with van der Waals surface area (Å²) in [6.45, 7) is 0. The molecular weight excluding hydrogens is 450 g/mol. The van der Waals surface area contributed by atoms with Crippen LogP contribution in [0.5, 0.6) is 0 Å². The first-order valence-electron chi connectivity index (χ1n) is 7.22. The van der Waals surface area contributed by atoms with Crippen molar-refractivity contribution in [2.45, 2.75) is 0 Å². The zero-order valence-electron chi connectivity index (χ0n) is 13.1. The van der Waals surface area contributed by atoms with Gasteiger partial charge in [-0.05, 0) is 0 Å². The second kappa shape index (κ2) is 8.45. The Morgan fingerprint density at radius 2 is 1.04 bits per heavy atom. The average molecular weight is 466 g/mol. The van der Waals surface area contributed by atoms with Crippen LogP contribution in [0.15, 0.2) is 60.7 Å². The van der Waals surface area contributed by atoms with Crippen LogP contribution in [0.4, 0.5) is 0 Å². The molecule has 25 heavy (non-hydrogen) atoms. The molecule has 2 aromatic carbocycles. The van der Waals surface area contributed by atoms with Crippen LogP contribution < -0.4 is 22.5 Å². The summed E-state index contributed by atoms with van der Waals surface area (Å²) in [5, 5.41) is 0. The molecule has 2 rings (SSSR count). The third kappa shape index (κ3) is 3.55. The number of hydrogen-bond acceptors (Lipinski definition) is 4. The molecule has 0 unspecified atom stereocenters. The monoisotopic (exact) mass is 468 g/mol. The summed E-state index contributed by atoms with van der Waals surface area (Å²) in [6, 6.07) is 18.0. The predicted molar refractivity (Wildman–Crippen MR) is 99.7 cm³/mol. The van der Waals surface area contributed by atoms with Gasteiger partial charge >= 0.3 is 161 Å². The van der Waals surface area contributed by atoms with Gasteiger partial charge in [-0.25, -0.2) is 0 Å². The first-order valence-corrected chi connectivity index (χ1v) is 8.93. The van der Waals surface area contributed by atoms with Gasteiger partial charge in [-0.2, -0.15) is 0 Å². The number of hydrazine groups is 2. The van der Waals surface area contributed by atoms with Gasteiger partial charge in [-0.15, -0.1) is 0 Å². The SMILES string of the molecule is NNC(=O)C(C(=O)NN)(C(=[Se])c1ccccc1)C(=[Se])c1ccccc1. The van der Waals surface area contributed by atoms with Gasteiger partial charge in [0.1, 0.15) is 0 Å². The van der Waals surface area contributed by atoms with Crippen LogP contribution in [0, 0.1) is 5.41 Å². The summed E-state index contributed by atoms with van der Waals surface area (Å²) in [7, 11) is 0. The summed E-state index contributed by atoms with van der Waals surface area (Å²) in [5.41, 5.74) is 3.72. The Balaban J connectivity index is 2.73. The van der Waals surface area contributed by atoms with Crippen LogP contribution in [0.1, 0.15) is 11.1 Å². The summed E-state index contributed by atoms with van der Waals surface area (Å²) < 4.78 is 0.744. The number of nitrogens with two attached hydrogens (primary N) is 2. The Hall–Kier alpha value is -1.92. The maximum atomic E-state index is 12.8. The van der Waals surface area contributed by atoms with Gasteiger partial charge in [-0.3, -0.25) is 0 Å². The number of rotatable bonds is 6. The molecular formula is C17H16N4O2Se2. The summed E-state index contributed by atoms with van der Waals surface area (Å²) >= 11 is 5.72. The molecule has 8 heteroatoms. The molecule has 0 radical (unpaired) electrons. The van der Waals surface area contributed by atoms with Gasteiger partial charge in [0, 0.05) is 0 Å². The number of carbonyl (C=O) groups is 2. The minimum atomic E-state index is -1.79.